The highest BCUT2D eigenvalue weighted by molar-refractivity contribution is 7.17. The van der Waals surface area contributed by atoms with Gasteiger partial charge in [0.15, 0.2) is 0 Å². The Labute approximate surface area is 202 Å². The second-order valence-corrected chi connectivity index (χ2v) is 8.78. The van der Waals surface area contributed by atoms with Crippen molar-refractivity contribution in [2.75, 3.05) is 11.4 Å². The summed E-state index contributed by atoms with van der Waals surface area (Å²) in [5.41, 5.74) is 5.07. The molecule has 168 valence electrons. The summed E-state index contributed by atoms with van der Waals surface area (Å²) in [6.45, 7) is 3.92. The standard InChI is InChI=1S/C28H24N4OS/c1-2-31(18-22-9-5-3-6-10-22)24-15-13-21(14-16-24)17-30-32-20-29-27-26(28(32)33)25(19-34-27)23-11-7-4-8-12-23/h3-17,19-20H,2,18H2,1H3/b30-17+. The molecular formula is C28H24N4OS. The molecule has 0 bridgehead atoms. The maximum absolute atomic E-state index is 13.2. The van der Waals surface area contributed by atoms with Gasteiger partial charge in [0.1, 0.15) is 11.2 Å². The number of fused-ring (bicyclic) bond motifs is 1. The van der Waals surface area contributed by atoms with Crippen LogP contribution < -0.4 is 10.5 Å². The molecule has 0 aliphatic rings. The van der Waals surface area contributed by atoms with Gasteiger partial charge >= 0.3 is 0 Å². The average Bonchev–Trinajstić information content (AvgIpc) is 3.33. The van der Waals surface area contributed by atoms with Gasteiger partial charge in [-0.2, -0.15) is 9.78 Å². The van der Waals surface area contributed by atoms with E-state index in [4.69, 9.17) is 0 Å². The lowest BCUT2D eigenvalue weighted by molar-refractivity contribution is 0.818. The van der Waals surface area contributed by atoms with Crippen molar-refractivity contribution in [2.24, 2.45) is 5.10 Å². The predicted octanol–water partition coefficient (Wildman–Crippen LogP) is 6.03. The molecule has 0 saturated heterocycles. The molecule has 0 atom stereocenters. The quantitative estimate of drug-likeness (QED) is 0.276. The fourth-order valence-corrected chi connectivity index (χ4v) is 4.83. The van der Waals surface area contributed by atoms with E-state index in [1.54, 1.807) is 6.21 Å². The fraction of sp³-hybridized carbons (Fsp3) is 0.107. The summed E-state index contributed by atoms with van der Waals surface area (Å²) in [6.07, 6.45) is 3.18. The molecule has 5 nitrogen and oxygen atoms in total. The van der Waals surface area contributed by atoms with Gasteiger partial charge in [-0.05, 0) is 35.7 Å². The number of nitrogens with zero attached hydrogens (tertiary/aromatic N) is 4. The third-order valence-corrected chi connectivity index (χ3v) is 6.64. The zero-order chi connectivity index (χ0) is 23.3. The van der Waals surface area contributed by atoms with Crippen molar-refractivity contribution in [1.29, 1.82) is 0 Å². The Kier molecular flexibility index (Phi) is 6.31. The Hall–Kier alpha value is -4.03. The van der Waals surface area contributed by atoms with Crippen molar-refractivity contribution in [3.8, 4) is 11.1 Å². The SMILES string of the molecule is CCN(Cc1ccccc1)c1ccc(/C=N/n2cnc3scc(-c4ccccc4)c3c2=O)cc1. The molecular weight excluding hydrogens is 440 g/mol. The number of aromatic nitrogens is 2. The topological polar surface area (TPSA) is 50.5 Å². The van der Waals surface area contributed by atoms with E-state index in [2.05, 4.69) is 58.3 Å². The average molecular weight is 465 g/mol. The van der Waals surface area contributed by atoms with Crippen molar-refractivity contribution >= 4 is 33.5 Å². The molecule has 5 aromatic rings. The van der Waals surface area contributed by atoms with Crippen molar-refractivity contribution in [3.05, 3.63) is 118 Å². The number of thiophene rings is 1. The molecule has 0 aliphatic carbocycles. The monoisotopic (exact) mass is 464 g/mol. The van der Waals surface area contributed by atoms with Crippen molar-refractivity contribution < 1.29 is 0 Å². The van der Waals surface area contributed by atoms with E-state index >= 15 is 0 Å². The van der Waals surface area contributed by atoms with Gasteiger partial charge in [0.2, 0.25) is 0 Å². The van der Waals surface area contributed by atoms with Gasteiger partial charge in [0, 0.05) is 29.7 Å². The summed E-state index contributed by atoms with van der Waals surface area (Å²) in [6, 6.07) is 28.6. The van der Waals surface area contributed by atoms with Crippen LogP contribution in [0.1, 0.15) is 18.1 Å². The van der Waals surface area contributed by atoms with Crippen LogP contribution in [-0.4, -0.2) is 22.4 Å². The Bertz CT molecular complexity index is 1470. The Morgan fingerprint density at radius 1 is 0.971 bits per heavy atom. The van der Waals surface area contributed by atoms with Crippen LogP contribution in [0.25, 0.3) is 21.3 Å². The minimum absolute atomic E-state index is 0.169. The third kappa shape index (κ3) is 4.54. The number of benzene rings is 3. The molecule has 0 radical (unpaired) electrons. The van der Waals surface area contributed by atoms with Gasteiger partial charge in [-0.25, -0.2) is 4.98 Å². The molecule has 0 aliphatic heterocycles. The highest BCUT2D eigenvalue weighted by Crippen LogP contribution is 2.30. The number of hydrogen-bond acceptors (Lipinski definition) is 5. The fourth-order valence-electron chi connectivity index (χ4n) is 3.93. The van der Waals surface area contributed by atoms with E-state index < -0.39 is 0 Å². The summed E-state index contributed by atoms with van der Waals surface area (Å²) < 4.78 is 1.31. The molecule has 5 rings (SSSR count). The van der Waals surface area contributed by atoms with E-state index in [-0.39, 0.29) is 5.56 Å². The molecule has 6 heteroatoms. The van der Waals surface area contributed by atoms with Crippen LogP contribution in [0.15, 0.2) is 107 Å². The van der Waals surface area contributed by atoms with Gasteiger partial charge in [-0.15, -0.1) is 11.3 Å². The number of anilines is 1. The van der Waals surface area contributed by atoms with E-state index in [9.17, 15) is 4.79 Å². The minimum Gasteiger partial charge on any atom is -0.367 e. The lowest BCUT2D eigenvalue weighted by Gasteiger charge is -2.23. The molecule has 3 aromatic carbocycles. The van der Waals surface area contributed by atoms with Gasteiger partial charge < -0.3 is 4.90 Å². The van der Waals surface area contributed by atoms with Gasteiger partial charge in [-0.3, -0.25) is 4.79 Å². The van der Waals surface area contributed by atoms with Crippen LogP contribution in [-0.2, 0) is 6.54 Å². The minimum atomic E-state index is -0.169. The first-order chi connectivity index (χ1) is 16.7. The Morgan fingerprint density at radius 3 is 2.38 bits per heavy atom. The molecule has 0 spiro atoms. The summed E-state index contributed by atoms with van der Waals surface area (Å²) in [5, 5.41) is 7.00. The molecule has 0 unspecified atom stereocenters. The van der Waals surface area contributed by atoms with Crippen molar-refractivity contribution in [1.82, 2.24) is 9.66 Å². The third-order valence-electron chi connectivity index (χ3n) is 5.75. The largest absolute Gasteiger partial charge is 0.367 e. The summed E-state index contributed by atoms with van der Waals surface area (Å²) in [4.78, 5) is 20.7. The zero-order valence-electron chi connectivity index (χ0n) is 18.8. The van der Waals surface area contributed by atoms with E-state index in [1.807, 2.05) is 53.9 Å². The van der Waals surface area contributed by atoms with Gasteiger partial charge in [-0.1, -0.05) is 72.8 Å². The van der Waals surface area contributed by atoms with E-state index in [0.29, 0.717) is 5.39 Å². The molecule has 2 heterocycles. The summed E-state index contributed by atoms with van der Waals surface area (Å²) in [7, 11) is 0. The highest BCUT2D eigenvalue weighted by Gasteiger charge is 2.13. The number of hydrogen-bond donors (Lipinski definition) is 0. The van der Waals surface area contributed by atoms with E-state index in [0.717, 1.165) is 40.3 Å². The molecule has 2 aromatic heterocycles. The first-order valence-corrected chi connectivity index (χ1v) is 12.1. The second kappa shape index (κ2) is 9.85. The van der Waals surface area contributed by atoms with Crippen LogP contribution in [0, 0.1) is 0 Å². The molecule has 0 fully saturated rings. The lowest BCUT2D eigenvalue weighted by Crippen LogP contribution is -2.21. The first-order valence-electron chi connectivity index (χ1n) is 11.2. The van der Waals surface area contributed by atoms with Crippen LogP contribution >= 0.6 is 11.3 Å². The Balaban J connectivity index is 1.38. The smallest absolute Gasteiger partial charge is 0.283 e. The summed E-state index contributed by atoms with van der Waals surface area (Å²) >= 11 is 1.47. The first kappa shape index (κ1) is 21.8. The molecule has 0 amide bonds. The summed E-state index contributed by atoms with van der Waals surface area (Å²) in [5.74, 6) is 0. The highest BCUT2D eigenvalue weighted by atomic mass is 32.1. The maximum Gasteiger partial charge on any atom is 0.283 e. The Morgan fingerprint density at radius 2 is 1.68 bits per heavy atom. The maximum atomic E-state index is 13.2. The normalized spacial score (nSPS) is 11.3. The molecule has 0 N–H and O–H groups in total. The van der Waals surface area contributed by atoms with Crippen molar-refractivity contribution in [3.63, 3.8) is 0 Å². The zero-order valence-corrected chi connectivity index (χ0v) is 19.7. The van der Waals surface area contributed by atoms with Crippen LogP contribution in [0.2, 0.25) is 0 Å². The van der Waals surface area contributed by atoms with Crippen LogP contribution in [0.4, 0.5) is 5.69 Å². The molecule has 0 saturated carbocycles. The van der Waals surface area contributed by atoms with Crippen LogP contribution in [0.5, 0.6) is 0 Å². The van der Waals surface area contributed by atoms with E-state index in [1.165, 1.54) is 27.9 Å². The molecule has 34 heavy (non-hydrogen) atoms. The predicted molar refractivity (Wildman–Crippen MR) is 142 cm³/mol. The number of rotatable bonds is 7. The second-order valence-electron chi connectivity index (χ2n) is 7.93. The van der Waals surface area contributed by atoms with Crippen LogP contribution in [0.3, 0.4) is 0 Å². The van der Waals surface area contributed by atoms with Crippen molar-refractivity contribution in [2.45, 2.75) is 13.5 Å². The van der Waals surface area contributed by atoms with Gasteiger partial charge in [0.05, 0.1) is 11.6 Å². The van der Waals surface area contributed by atoms with Gasteiger partial charge in [0.25, 0.3) is 5.56 Å². The lowest BCUT2D eigenvalue weighted by atomic mass is 10.1.